The van der Waals surface area contributed by atoms with Crippen LogP contribution in [0.3, 0.4) is 0 Å². The molecule has 1 N–H and O–H groups in total. The number of carbonyl (C=O) groups is 1. The van der Waals surface area contributed by atoms with Crippen LogP contribution in [0.25, 0.3) is 0 Å². The third-order valence-electron chi connectivity index (χ3n) is 5.43. The first-order chi connectivity index (χ1) is 13.0. The molecule has 1 unspecified atom stereocenters. The third kappa shape index (κ3) is 7.25. The summed E-state index contributed by atoms with van der Waals surface area (Å²) in [6.45, 7) is 10.4. The van der Waals surface area contributed by atoms with Gasteiger partial charge in [0.15, 0.2) is 0 Å². The molecule has 154 valence electrons. The van der Waals surface area contributed by atoms with Crippen molar-refractivity contribution in [2.45, 2.75) is 98.0 Å². The highest BCUT2D eigenvalue weighted by atomic mass is 16.5. The van der Waals surface area contributed by atoms with Crippen molar-refractivity contribution in [2.24, 2.45) is 5.92 Å². The van der Waals surface area contributed by atoms with Gasteiger partial charge in [0.25, 0.3) is 0 Å². The molecule has 0 amide bonds. The Morgan fingerprint density at radius 3 is 2.19 bits per heavy atom. The fourth-order valence-corrected chi connectivity index (χ4v) is 3.95. The van der Waals surface area contributed by atoms with Gasteiger partial charge in [0.05, 0.1) is 18.6 Å². The molecule has 1 heterocycles. The standard InChI is InChI=1S/C21H33NO3.C2H6/c1-4-18-13-16(14-19(5-2)22-18)11-12-21(24,15-20(23)25-6-3)17-9-7-8-10-17;1-2/h13-14,17,24H,4-12,15H2,1-3H3;1-2H3. The lowest BCUT2D eigenvalue weighted by atomic mass is 9.79. The van der Waals surface area contributed by atoms with Crippen LogP contribution < -0.4 is 0 Å². The molecule has 1 aromatic rings. The lowest BCUT2D eigenvalue weighted by molar-refractivity contribution is -0.151. The Morgan fingerprint density at radius 1 is 1.15 bits per heavy atom. The molecular weight excluding hydrogens is 338 g/mol. The smallest absolute Gasteiger partial charge is 0.308 e. The summed E-state index contributed by atoms with van der Waals surface area (Å²) in [7, 11) is 0. The summed E-state index contributed by atoms with van der Waals surface area (Å²) in [4.78, 5) is 16.7. The molecule has 1 aliphatic rings. The van der Waals surface area contributed by atoms with Crippen LogP contribution in [0.4, 0.5) is 0 Å². The minimum atomic E-state index is -0.954. The number of nitrogens with zero attached hydrogens (tertiary/aromatic N) is 1. The molecule has 1 atom stereocenters. The Labute approximate surface area is 165 Å². The highest BCUT2D eigenvalue weighted by molar-refractivity contribution is 5.70. The lowest BCUT2D eigenvalue weighted by Gasteiger charge is -2.33. The van der Waals surface area contributed by atoms with E-state index in [-0.39, 0.29) is 18.3 Å². The molecule has 0 aromatic carbocycles. The van der Waals surface area contributed by atoms with Gasteiger partial charge in [-0.1, -0.05) is 40.5 Å². The molecule has 27 heavy (non-hydrogen) atoms. The second kappa shape index (κ2) is 12.1. The Bertz CT molecular complexity index is 544. The lowest BCUT2D eigenvalue weighted by Crippen LogP contribution is -2.40. The highest BCUT2D eigenvalue weighted by Gasteiger charge is 2.40. The van der Waals surface area contributed by atoms with Gasteiger partial charge in [-0.05, 0) is 69.1 Å². The van der Waals surface area contributed by atoms with E-state index in [0.29, 0.717) is 13.0 Å². The van der Waals surface area contributed by atoms with Gasteiger partial charge in [-0.2, -0.15) is 0 Å². The van der Waals surface area contributed by atoms with Crippen molar-refractivity contribution in [3.8, 4) is 0 Å². The first kappa shape index (κ1) is 23.6. The molecule has 1 fully saturated rings. The topological polar surface area (TPSA) is 59.4 Å². The van der Waals surface area contributed by atoms with Crippen LogP contribution in [0.15, 0.2) is 12.1 Å². The van der Waals surface area contributed by atoms with E-state index in [1.54, 1.807) is 0 Å². The van der Waals surface area contributed by atoms with E-state index in [2.05, 4.69) is 31.0 Å². The van der Waals surface area contributed by atoms with E-state index in [1.807, 2.05) is 20.8 Å². The number of aromatic nitrogens is 1. The van der Waals surface area contributed by atoms with E-state index in [9.17, 15) is 9.90 Å². The summed E-state index contributed by atoms with van der Waals surface area (Å²) in [6, 6.07) is 4.27. The first-order valence-electron chi connectivity index (χ1n) is 10.9. The molecule has 1 saturated carbocycles. The summed E-state index contributed by atoms with van der Waals surface area (Å²) in [6.07, 6.45) is 7.61. The number of hydrogen-bond donors (Lipinski definition) is 1. The number of hydrogen-bond acceptors (Lipinski definition) is 4. The zero-order chi connectivity index (χ0) is 20.3. The summed E-state index contributed by atoms with van der Waals surface area (Å²) >= 11 is 0. The Balaban J connectivity index is 0.00000176. The SMILES string of the molecule is CC.CCOC(=O)CC(O)(CCc1cc(CC)nc(CC)c1)C1CCCC1. The number of ether oxygens (including phenoxy) is 1. The van der Waals surface area contributed by atoms with Gasteiger partial charge in [0.1, 0.15) is 0 Å². The second-order valence-electron chi connectivity index (χ2n) is 7.23. The van der Waals surface area contributed by atoms with E-state index in [4.69, 9.17) is 4.74 Å². The van der Waals surface area contributed by atoms with Crippen molar-refractivity contribution in [1.29, 1.82) is 0 Å². The Kier molecular flexibility index (Phi) is 10.6. The molecule has 4 nitrogen and oxygen atoms in total. The van der Waals surface area contributed by atoms with E-state index in [0.717, 1.165) is 56.3 Å². The van der Waals surface area contributed by atoms with E-state index < -0.39 is 5.60 Å². The summed E-state index contributed by atoms with van der Waals surface area (Å²) in [5.74, 6) is -0.0786. The summed E-state index contributed by atoms with van der Waals surface area (Å²) < 4.78 is 5.11. The fourth-order valence-electron chi connectivity index (χ4n) is 3.95. The molecule has 1 aliphatic carbocycles. The van der Waals surface area contributed by atoms with Gasteiger partial charge >= 0.3 is 5.97 Å². The fraction of sp³-hybridized carbons (Fsp3) is 0.739. The second-order valence-corrected chi connectivity index (χ2v) is 7.23. The van der Waals surface area contributed by atoms with E-state index >= 15 is 0 Å². The van der Waals surface area contributed by atoms with Crippen molar-refractivity contribution < 1.29 is 14.6 Å². The van der Waals surface area contributed by atoms with Crippen molar-refractivity contribution in [3.63, 3.8) is 0 Å². The van der Waals surface area contributed by atoms with Crippen LogP contribution in [0, 0.1) is 5.92 Å². The van der Waals surface area contributed by atoms with Crippen molar-refractivity contribution >= 4 is 5.97 Å². The minimum absolute atomic E-state index is 0.109. The van der Waals surface area contributed by atoms with Gasteiger partial charge in [0.2, 0.25) is 0 Å². The molecule has 4 heteroatoms. The van der Waals surface area contributed by atoms with E-state index in [1.165, 1.54) is 5.56 Å². The number of carbonyl (C=O) groups excluding carboxylic acids is 1. The summed E-state index contributed by atoms with van der Waals surface area (Å²) in [5, 5.41) is 11.3. The van der Waals surface area contributed by atoms with Crippen LogP contribution in [-0.2, 0) is 28.8 Å². The van der Waals surface area contributed by atoms with Crippen LogP contribution in [0.1, 0.15) is 90.1 Å². The normalized spacial score (nSPS) is 16.4. The molecule has 0 radical (unpaired) electrons. The molecule has 0 saturated heterocycles. The maximum Gasteiger partial charge on any atom is 0.308 e. The van der Waals surface area contributed by atoms with Crippen molar-refractivity contribution in [2.75, 3.05) is 6.61 Å². The highest BCUT2D eigenvalue weighted by Crippen LogP contribution is 2.39. The molecule has 1 aromatic heterocycles. The Hall–Kier alpha value is -1.42. The Morgan fingerprint density at radius 2 is 1.70 bits per heavy atom. The van der Waals surface area contributed by atoms with Gasteiger partial charge in [-0.25, -0.2) is 0 Å². The van der Waals surface area contributed by atoms with Crippen LogP contribution in [-0.4, -0.2) is 28.3 Å². The predicted molar refractivity (Wildman–Crippen MR) is 111 cm³/mol. The minimum Gasteiger partial charge on any atom is -0.466 e. The van der Waals surface area contributed by atoms with Crippen LogP contribution in [0.5, 0.6) is 0 Å². The number of aryl methyl sites for hydroxylation is 3. The van der Waals surface area contributed by atoms with Gasteiger partial charge in [0, 0.05) is 11.4 Å². The molecule has 0 aliphatic heterocycles. The maximum absolute atomic E-state index is 12.0. The quantitative estimate of drug-likeness (QED) is 0.613. The number of aliphatic hydroxyl groups is 1. The molecule has 0 spiro atoms. The van der Waals surface area contributed by atoms with Crippen molar-refractivity contribution in [1.82, 2.24) is 4.98 Å². The van der Waals surface area contributed by atoms with Gasteiger partial charge in [-0.3, -0.25) is 9.78 Å². The zero-order valence-corrected chi connectivity index (χ0v) is 18.0. The number of pyridine rings is 1. The number of esters is 1. The predicted octanol–water partition coefficient (Wildman–Crippen LogP) is 5.04. The van der Waals surface area contributed by atoms with Crippen LogP contribution in [0.2, 0.25) is 0 Å². The first-order valence-corrected chi connectivity index (χ1v) is 10.9. The van der Waals surface area contributed by atoms with Gasteiger partial charge in [-0.15, -0.1) is 0 Å². The zero-order valence-electron chi connectivity index (χ0n) is 18.0. The van der Waals surface area contributed by atoms with Crippen molar-refractivity contribution in [3.05, 3.63) is 29.1 Å². The van der Waals surface area contributed by atoms with Gasteiger partial charge < -0.3 is 9.84 Å². The summed E-state index contributed by atoms with van der Waals surface area (Å²) in [5.41, 5.74) is 2.46. The monoisotopic (exact) mass is 377 g/mol. The third-order valence-corrected chi connectivity index (χ3v) is 5.43. The van der Waals surface area contributed by atoms with Crippen LogP contribution >= 0.6 is 0 Å². The average Bonchev–Trinajstić information content (AvgIpc) is 3.23. The molecule has 2 rings (SSSR count). The average molecular weight is 378 g/mol. The largest absolute Gasteiger partial charge is 0.466 e. The maximum atomic E-state index is 12.0. The molecule has 0 bridgehead atoms. The number of rotatable bonds is 9. The molecular formula is C23H39NO3.